The van der Waals surface area contributed by atoms with Crippen LogP contribution >= 0.6 is 23.1 Å². The zero-order valence-electron chi connectivity index (χ0n) is 15.3. The largest absolute Gasteiger partial charge is 0.467 e. The van der Waals surface area contributed by atoms with Crippen molar-refractivity contribution in [2.75, 3.05) is 29.6 Å². The van der Waals surface area contributed by atoms with Gasteiger partial charge in [0.05, 0.1) is 18.1 Å². The van der Waals surface area contributed by atoms with E-state index in [9.17, 15) is 4.79 Å². The Morgan fingerprint density at radius 2 is 2.04 bits per heavy atom. The molecule has 0 aliphatic rings. The Balaban J connectivity index is 1.50. The molecule has 2 N–H and O–H groups in total. The molecule has 0 saturated carbocycles. The maximum absolute atomic E-state index is 12.4. The Bertz CT molecular complexity index is 862. The maximum Gasteiger partial charge on any atom is 0.237 e. The van der Waals surface area contributed by atoms with Gasteiger partial charge in [-0.05, 0) is 43.3 Å². The summed E-state index contributed by atoms with van der Waals surface area (Å²) in [6.07, 6.45) is 1.63. The number of amides is 1. The predicted molar refractivity (Wildman–Crippen MR) is 111 cm³/mol. The third-order valence-corrected chi connectivity index (χ3v) is 5.76. The zero-order chi connectivity index (χ0) is 19.2. The number of hydrogen-bond donors (Lipinski definition) is 2. The van der Waals surface area contributed by atoms with E-state index in [1.54, 1.807) is 6.26 Å². The second-order valence-electron chi connectivity index (χ2n) is 6.00. The lowest BCUT2D eigenvalue weighted by atomic mass is 10.2. The molecular weight excluding hydrogens is 382 g/mol. The van der Waals surface area contributed by atoms with Crippen LogP contribution in [0.5, 0.6) is 0 Å². The van der Waals surface area contributed by atoms with Crippen LogP contribution in [0.1, 0.15) is 12.7 Å². The van der Waals surface area contributed by atoms with Gasteiger partial charge >= 0.3 is 0 Å². The molecule has 1 unspecified atom stereocenters. The fraction of sp³-hybridized carbons (Fsp3) is 0.278. The molecule has 142 valence electrons. The molecular formula is C18H21N5O2S2. The third kappa shape index (κ3) is 5.48. The van der Waals surface area contributed by atoms with Crippen molar-refractivity contribution in [3.05, 3.63) is 48.4 Å². The summed E-state index contributed by atoms with van der Waals surface area (Å²) in [5.74, 6) is 0.755. The van der Waals surface area contributed by atoms with Gasteiger partial charge in [0.2, 0.25) is 11.0 Å². The summed E-state index contributed by atoms with van der Waals surface area (Å²) in [4.78, 5) is 14.4. The van der Waals surface area contributed by atoms with Crippen LogP contribution < -0.4 is 15.5 Å². The number of rotatable bonds is 8. The lowest BCUT2D eigenvalue weighted by Gasteiger charge is -2.14. The van der Waals surface area contributed by atoms with E-state index in [1.165, 1.54) is 23.1 Å². The topological polar surface area (TPSA) is 83.3 Å². The van der Waals surface area contributed by atoms with Gasteiger partial charge in [-0.2, -0.15) is 0 Å². The van der Waals surface area contributed by atoms with Crippen LogP contribution in [0.2, 0.25) is 0 Å². The van der Waals surface area contributed by atoms with Crippen molar-refractivity contribution >= 4 is 45.5 Å². The summed E-state index contributed by atoms with van der Waals surface area (Å²) in [7, 11) is 3.96. The highest BCUT2D eigenvalue weighted by atomic mass is 32.2. The first-order valence-corrected chi connectivity index (χ1v) is 10.1. The summed E-state index contributed by atoms with van der Waals surface area (Å²) in [6, 6.07) is 11.5. The third-order valence-electron chi connectivity index (χ3n) is 3.70. The van der Waals surface area contributed by atoms with Gasteiger partial charge in [0.25, 0.3) is 0 Å². The van der Waals surface area contributed by atoms with Crippen molar-refractivity contribution in [3.63, 3.8) is 0 Å². The fourth-order valence-electron chi connectivity index (χ4n) is 2.20. The number of hydrogen-bond acceptors (Lipinski definition) is 8. The van der Waals surface area contributed by atoms with Gasteiger partial charge in [-0.3, -0.25) is 4.79 Å². The second-order valence-corrected chi connectivity index (χ2v) is 8.56. The highest BCUT2D eigenvalue weighted by molar-refractivity contribution is 8.02. The molecule has 1 amide bonds. The minimum atomic E-state index is -0.288. The molecule has 0 spiro atoms. The standard InChI is InChI=1S/C18H21N5O2S2/c1-12(16(24)20-13-6-8-14(9-7-13)23(2)3)26-18-22-21-17(27-18)19-11-15-5-4-10-25-15/h4-10,12H,11H2,1-3H3,(H,19,21)(H,20,24). The van der Waals surface area contributed by atoms with E-state index in [1.807, 2.05) is 62.3 Å². The molecule has 9 heteroatoms. The molecule has 3 aromatic rings. The maximum atomic E-state index is 12.4. The number of nitrogens with zero attached hydrogens (tertiary/aromatic N) is 3. The van der Waals surface area contributed by atoms with Crippen LogP contribution in [0.25, 0.3) is 0 Å². The molecule has 0 saturated heterocycles. The van der Waals surface area contributed by atoms with Crippen LogP contribution in [0, 0.1) is 0 Å². The molecule has 0 aliphatic carbocycles. The van der Waals surface area contributed by atoms with Crippen LogP contribution in [0.15, 0.2) is 51.4 Å². The number of thioether (sulfide) groups is 1. The Morgan fingerprint density at radius 3 is 2.70 bits per heavy atom. The number of benzene rings is 1. The molecule has 2 aromatic heterocycles. The van der Waals surface area contributed by atoms with Crippen LogP contribution in [-0.2, 0) is 11.3 Å². The number of nitrogens with one attached hydrogen (secondary N) is 2. The highest BCUT2D eigenvalue weighted by Gasteiger charge is 2.17. The fourth-order valence-corrected chi connectivity index (χ4v) is 4.09. The summed E-state index contributed by atoms with van der Waals surface area (Å²) in [5.41, 5.74) is 1.86. The van der Waals surface area contributed by atoms with Crippen molar-refractivity contribution in [3.8, 4) is 0 Å². The second kappa shape index (κ2) is 8.92. The molecule has 3 rings (SSSR count). The quantitative estimate of drug-likeness (QED) is 0.551. The highest BCUT2D eigenvalue weighted by Crippen LogP contribution is 2.29. The van der Waals surface area contributed by atoms with E-state index in [0.717, 1.165) is 21.5 Å². The molecule has 0 bridgehead atoms. The average molecular weight is 404 g/mol. The molecule has 0 fully saturated rings. The van der Waals surface area contributed by atoms with Crippen molar-refractivity contribution < 1.29 is 9.21 Å². The van der Waals surface area contributed by atoms with Crippen LogP contribution in [0.4, 0.5) is 16.5 Å². The normalized spacial score (nSPS) is 11.8. The number of anilines is 3. The summed E-state index contributed by atoms with van der Waals surface area (Å²) in [5, 5.41) is 14.7. The molecule has 1 aromatic carbocycles. The van der Waals surface area contributed by atoms with Gasteiger partial charge in [0.1, 0.15) is 5.76 Å². The first kappa shape index (κ1) is 19.2. The monoisotopic (exact) mass is 403 g/mol. The average Bonchev–Trinajstić information content (AvgIpc) is 3.32. The van der Waals surface area contributed by atoms with Crippen molar-refractivity contribution in [2.45, 2.75) is 23.1 Å². The number of carbonyl (C=O) groups is 1. The van der Waals surface area contributed by atoms with E-state index >= 15 is 0 Å². The van der Waals surface area contributed by atoms with Gasteiger partial charge < -0.3 is 20.0 Å². The molecule has 2 heterocycles. The molecule has 7 nitrogen and oxygen atoms in total. The Labute approximate surface area is 166 Å². The van der Waals surface area contributed by atoms with Crippen LogP contribution in [-0.4, -0.2) is 35.4 Å². The van der Waals surface area contributed by atoms with E-state index in [4.69, 9.17) is 4.42 Å². The molecule has 0 radical (unpaired) electrons. The Kier molecular flexibility index (Phi) is 6.36. The van der Waals surface area contributed by atoms with E-state index in [2.05, 4.69) is 20.8 Å². The number of carbonyl (C=O) groups excluding carboxylic acids is 1. The van der Waals surface area contributed by atoms with E-state index in [0.29, 0.717) is 11.7 Å². The van der Waals surface area contributed by atoms with Gasteiger partial charge in [-0.25, -0.2) is 0 Å². The van der Waals surface area contributed by atoms with Gasteiger partial charge in [-0.15, -0.1) is 10.2 Å². The minimum absolute atomic E-state index is 0.0714. The number of furan rings is 1. The number of aromatic nitrogens is 2. The smallest absolute Gasteiger partial charge is 0.237 e. The van der Waals surface area contributed by atoms with E-state index in [-0.39, 0.29) is 11.2 Å². The van der Waals surface area contributed by atoms with Gasteiger partial charge in [0.15, 0.2) is 4.34 Å². The SMILES string of the molecule is CC(Sc1nnc(NCc2ccco2)s1)C(=O)Nc1ccc(N(C)C)cc1. The predicted octanol–water partition coefficient (Wildman–Crippen LogP) is 3.93. The molecule has 1 atom stereocenters. The summed E-state index contributed by atoms with van der Waals surface area (Å²) >= 11 is 2.80. The minimum Gasteiger partial charge on any atom is -0.467 e. The summed E-state index contributed by atoms with van der Waals surface area (Å²) in [6.45, 7) is 2.40. The zero-order valence-corrected chi connectivity index (χ0v) is 16.9. The van der Waals surface area contributed by atoms with Gasteiger partial charge in [0, 0.05) is 25.5 Å². The summed E-state index contributed by atoms with van der Waals surface area (Å²) < 4.78 is 6.01. The van der Waals surface area contributed by atoms with Crippen molar-refractivity contribution in [1.29, 1.82) is 0 Å². The Morgan fingerprint density at radius 1 is 1.26 bits per heavy atom. The molecule has 0 aliphatic heterocycles. The van der Waals surface area contributed by atoms with Crippen LogP contribution in [0.3, 0.4) is 0 Å². The molecule has 27 heavy (non-hydrogen) atoms. The Hall–Kier alpha value is -2.52. The van der Waals surface area contributed by atoms with Crippen molar-refractivity contribution in [2.24, 2.45) is 0 Å². The first-order valence-electron chi connectivity index (χ1n) is 8.36. The first-order chi connectivity index (χ1) is 13.0. The lowest BCUT2D eigenvalue weighted by molar-refractivity contribution is -0.115. The van der Waals surface area contributed by atoms with Gasteiger partial charge in [-0.1, -0.05) is 23.1 Å². The van der Waals surface area contributed by atoms with Crippen molar-refractivity contribution in [1.82, 2.24) is 10.2 Å². The lowest BCUT2D eigenvalue weighted by Crippen LogP contribution is -2.22. The van der Waals surface area contributed by atoms with E-state index < -0.39 is 0 Å².